The minimum atomic E-state index is -4.63. The number of nitrogens with two attached hydrogens (primary N) is 1. The van der Waals surface area contributed by atoms with E-state index < -0.39 is 26.4 Å². The molecule has 154 valence electrons. The van der Waals surface area contributed by atoms with Crippen molar-refractivity contribution in [2.24, 2.45) is 5.73 Å². The maximum atomic E-state index is 11.9. The SMILES string of the molecule is CCCCCCCCCCc1ccc(NC(=O)C(N)COP(=O)(O)O)cc1. The van der Waals surface area contributed by atoms with Crippen molar-refractivity contribution >= 4 is 19.4 Å². The van der Waals surface area contributed by atoms with Crippen LogP contribution in [0.3, 0.4) is 0 Å². The monoisotopic (exact) mass is 400 g/mol. The van der Waals surface area contributed by atoms with E-state index in [1.54, 1.807) is 12.1 Å². The quantitative estimate of drug-likeness (QED) is 0.279. The third-order valence-corrected chi connectivity index (χ3v) is 4.78. The minimum Gasteiger partial charge on any atom is -0.325 e. The Bertz CT molecular complexity index is 588. The van der Waals surface area contributed by atoms with Crippen molar-refractivity contribution in [1.82, 2.24) is 0 Å². The molecule has 1 atom stereocenters. The lowest BCUT2D eigenvalue weighted by Gasteiger charge is -2.13. The standard InChI is InChI=1S/C19H33N2O5P/c1-2-3-4-5-6-7-8-9-10-16-11-13-17(14-12-16)21-19(22)18(20)15-26-27(23,24)25/h11-14,18H,2-10,15,20H2,1H3,(H,21,22)(H2,23,24,25). The van der Waals surface area contributed by atoms with Gasteiger partial charge in [0.2, 0.25) is 5.91 Å². The molecule has 0 aromatic heterocycles. The van der Waals surface area contributed by atoms with E-state index in [0.29, 0.717) is 5.69 Å². The molecule has 5 N–H and O–H groups in total. The molecule has 1 rings (SSSR count). The van der Waals surface area contributed by atoms with Crippen LogP contribution in [0.1, 0.15) is 63.9 Å². The Kier molecular flexibility index (Phi) is 11.5. The van der Waals surface area contributed by atoms with Crippen LogP contribution in [0, 0.1) is 0 Å². The maximum absolute atomic E-state index is 11.9. The summed E-state index contributed by atoms with van der Waals surface area (Å²) in [6, 6.07) is 6.38. The Balaban J connectivity index is 2.25. The molecule has 0 spiro atoms. The van der Waals surface area contributed by atoms with Crippen molar-refractivity contribution in [2.45, 2.75) is 70.8 Å². The van der Waals surface area contributed by atoms with Crippen LogP contribution in [0.4, 0.5) is 5.69 Å². The molecule has 1 aromatic rings. The number of benzene rings is 1. The molecule has 0 aliphatic heterocycles. The van der Waals surface area contributed by atoms with Crippen LogP contribution in [0.25, 0.3) is 0 Å². The molecule has 8 heteroatoms. The van der Waals surface area contributed by atoms with E-state index in [2.05, 4.69) is 16.8 Å². The van der Waals surface area contributed by atoms with Crippen LogP contribution in [-0.4, -0.2) is 28.3 Å². The number of nitrogens with one attached hydrogen (secondary N) is 1. The van der Waals surface area contributed by atoms with Crippen molar-refractivity contribution in [2.75, 3.05) is 11.9 Å². The topological polar surface area (TPSA) is 122 Å². The molecule has 0 bridgehead atoms. The molecule has 0 fully saturated rings. The Morgan fingerprint density at radius 3 is 2.19 bits per heavy atom. The summed E-state index contributed by atoms with van der Waals surface area (Å²) < 4.78 is 14.9. The van der Waals surface area contributed by atoms with E-state index >= 15 is 0 Å². The summed E-state index contributed by atoms with van der Waals surface area (Å²) in [5.41, 5.74) is 7.36. The first-order chi connectivity index (χ1) is 12.8. The van der Waals surface area contributed by atoms with Crippen LogP contribution in [0.15, 0.2) is 24.3 Å². The van der Waals surface area contributed by atoms with Crippen molar-refractivity contribution in [1.29, 1.82) is 0 Å². The zero-order chi connectivity index (χ0) is 20.1. The number of carbonyl (C=O) groups excluding carboxylic acids is 1. The van der Waals surface area contributed by atoms with Gasteiger partial charge in [-0.1, -0.05) is 64.0 Å². The predicted octanol–water partition coefficient (Wildman–Crippen LogP) is 3.74. The summed E-state index contributed by atoms with van der Waals surface area (Å²) in [5, 5.41) is 2.61. The van der Waals surface area contributed by atoms with Gasteiger partial charge < -0.3 is 20.8 Å². The minimum absolute atomic E-state index is 0.549. The molecule has 0 saturated carbocycles. The molecule has 7 nitrogen and oxygen atoms in total. The van der Waals surface area contributed by atoms with Gasteiger partial charge in [-0.2, -0.15) is 0 Å². The highest BCUT2D eigenvalue weighted by molar-refractivity contribution is 7.46. The molecule has 27 heavy (non-hydrogen) atoms. The number of hydrogen-bond acceptors (Lipinski definition) is 4. The van der Waals surface area contributed by atoms with Crippen molar-refractivity contribution in [3.8, 4) is 0 Å². The second-order valence-electron chi connectivity index (χ2n) is 6.80. The summed E-state index contributed by atoms with van der Waals surface area (Å²) in [5.74, 6) is -0.556. The molecule has 1 unspecified atom stereocenters. The highest BCUT2D eigenvalue weighted by atomic mass is 31.2. The lowest BCUT2D eigenvalue weighted by atomic mass is 10.0. The predicted molar refractivity (Wildman–Crippen MR) is 107 cm³/mol. The Labute approximate surface area is 161 Å². The number of amides is 1. The molecule has 0 aliphatic rings. The number of carbonyl (C=O) groups is 1. The lowest BCUT2D eigenvalue weighted by Crippen LogP contribution is -2.39. The van der Waals surface area contributed by atoms with Crippen LogP contribution < -0.4 is 11.1 Å². The highest BCUT2D eigenvalue weighted by Crippen LogP contribution is 2.35. The number of phosphoric ester groups is 1. The molecule has 0 aliphatic carbocycles. The first-order valence-electron chi connectivity index (χ1n) is 9.67. The maximum Gasteiger partial charge on any atom is 0.469 e. The third-order valence-electron chi connectivity index (χ3n) is 4.30. The highest BCUT2D eigenvalue weighted by Gasteiger charge is 2.20. The van der Waals surface area contributed by atoms with E-state index in [1.165, 1.54) is 50.5 Å². The van der Waals surface area contributed by atoms with Gasteiger partial charge in [-0.3, -0.25) is 9.32 Å². The number of phosphoric acid groups is 1. The van der Waals surface area contributed by atoms with Crippen molar-refractivity contribution < 1.29 is 23.7 Å². The van der Waals surface area contributed by atoms with E-state index in [0.717, 1.165) is 12.8 Å². The van der Waals surface area contributed by atoms with Gasteiger partial charge in [0.05, 0.1) is 6.61 Å². The van der Waals surface area contributed by atoms with E-state index in [9.17, 15) is 9.36 Å². The lowest BCUT2D eigenvalue weighted by molar-refractivity contribution is -0.118. The van der Waals surface area contributed by atoms with E-state index in [4.69, 9.17) is 15.5 Å². The molecular formula is C19H33N2O5P. The molecular weight excluding hydrogens is 367 g/mol. The number of hydrogen-bond donors (Lipinski definition) is 4. The fraction of sp³-hybridized carbons (Fsp3) is 0.632. The van der Waals surface area contributed by atoms with Crippen LogP contribution >= 0.6 is 7.82 Å². The average Bonchev–Trinajstić information content (AvgIpc) is 2.62. The van der Waals surface area contributed by atoms with Gasteiger partial charge in [-0.05, 0) is 30.5 Å². The Morgan fingerprint density at radius 2 is 1.63 bits per heavy atom. The van der Waals surface area contributed by atoms with Gasteiger partial charge >= 0.3 is 7.82 Å². The Hall–Kier alpha value is -1.24. The zero-order valence-electron chi connectivity index (χ0n) is 16.1. The molecule has 0 heterocycles. The summed E-state index contributed by atoms with van der Waals surface area (Å²) >= 11 is 0. The summed E-state index contributed by atoms with van der Waals surface area (Å²) in [6.07, 6.45) is 11.3. The smallest absolute Gasteiger partial charge is 0.325 e. The zero-order valence-corrected chi connectivity index (χ0v) is 17.0. The molecule has 0 saturated heterocycles. The van der Waals surface area contributed by atoms with Crippen molar-refractivity contribution in [3.05, 3.63) is 29.8 Å². The van der Waals surface area contributed by atoms with Gasteiger partial charge in [0.15, 0.2) is 0 Å². The third kappa shape index (κ3) is 12.0. The van der Waals surface area contributed by atoms with E-state index in [-0.39, 0.29) is 0 Å². The van der Waals surface area contributed by atoms with Gasteiger partial charge in [-0.15, -0.1) is 0 Å². The normalized spacial score (nSPS) is 12.7. The van der Waals surface area contributed by atoms with E-state index in [1.807, 2.05) is 12.1 Å². The van der Waals surface area contributed by atoms with Crippen LogP contribution in [0.2, 0.25) is 0 Å². The Morgan fingerprint density at radius 1 is 1.07 bits per heavy atom. The van der Waals surface area contributed by atoms with Gasteiger partial charge in [0.1, 0.15) is 6.04 Å². The van der Waals surface area contributed by atoms with Crippen LogP contribution in [0.5, 0.6) is 0 Å². The number of rotatable bonds is 14. The first-order valence-corrected chi connectivity index (χ1v) is 11.2. The van der Waals surface area contributed by atoms with Gasteiger partial charge in [-0.25, -0.2) is 4.57 Å². The molecule has 0 radical (unpaired) electrons. The number of anilines is 1. The number of unbranched alkanes of at least 4 members (excludes halogenated alkanes) is 7. The van der Waals surface area contributed by atoms with Crippen LogP contribution in [-0.2, 0) is 20.3 Å². The van der Waals surface area contributed by atoms with Crippen molar-refractivity contribution in [3.63, 3.8) is 0 Å². The number of aryl methyl sites for hydroxylation is 1. The fourth-order valence-corrected chi connectivity index (χ4v) is 3.06. The van der Waals surface area contributed by atoms with Gasteiger partial charge in [0.25, 0.3) is 0 Å². The fourth-order valence-electron chi connectivity index (χ4n) is 2.71. The summed E-state index contributed by atoms with van der Waals surface area (Å²) in [7, 11) is -4.63. The largest absolute Gasteiger partial charge is 0.469 e. The second-order valence-corrected chi connectivity index (χ2v) is 8.04. The molecule has 1 aromatic carbocycles. The second kappa shape index (κ2) is 13.0. The summed E-state index contributed by atoms with van der Waals surface area (Å²) in [6.45, 7) is 1.68. The average molecular weight is 400 g/mol. The van der Waals surface area contributed by atoms with Gasteiger partial charge in [0, 0.05) is 5.69 Å². The summed E-state index contributed by atoms with van der Waals surface area (Å²) in [4.78, 5) is 29.1. The molecule has 1 amide bonds. The first kappa shape index (κ1) is 23.8.